The summed E-state index contributed by atoms with van der Waals surface area (Å²) in [6.45, 7) is 0.786. The minimum absolute atomic E-state index is 0.0719. The summed E-state index contributed by atoms with van der Waals surface area (Å²) in [6, 6.07) is 26.8. The number of hydrogen-bond acceptors (Lipinski definition) is 3. The molecule has 4 nitrogen and oxygen atoms in total. The standard InChI is InChI=1S/C28H27ClN4S/c29-23-9-5-8-22(17-23)28(14-3-4-15-28)19-31-27(34)33-25-12-13-26(30-18-25)32-24-11-10-20-6-1-2-7-21(20)16-24/h1-2,5-13,16-18H,3-4,14-15,19H2,(H,30,32)(H2,31,33,34). The van der Waals surface area contributed by atoms with E-state index < -0.39 is 0 Å². The number of aromatic nitrogens is 1. The molecule has 1 aliphatic carbocycles. The highest BCUT2D eigenvalue weighted by molar-refractivity contribution is 7.80. The summed E-state index contributed by atoms with van der Waals surface area (Å²) >= 11 is 11.9. The summed E-state index contributed by atoms with van der Waals surface area (Å²) in [5, 5.41) is 13.9. The lowest BCUT2D eigenvalue weighted by molar-refractivity contribution is 0.435. The molecule has 6 heteroatoms. The van der Waals surface area contributed by atoms with Gasteiger partial charge < -0.3 is 16.0 Å². The normalized spacial score (nSPS) is 14.6. The molecule has 0 amide bonds. The van der Waals surface area contributed by atoms with Crippen LogP contribution >= 0.6 is 23.8 Å². The Morgan fingerprint density at radius 3 is 2.44 bits per heavy atom. The van der Waals surface area contributed by atoms with Gasteiger partial charge in [-0.15, -0.1) is 0 Å². The van der Waals surface area contributed by atoms with E-state index in [0.717, 1.165) is 41.6 Å². The SMILES string of the molecule is S=C(NCC1(c2cccc(Cl)c2)CCCC1)Nc1ccc(Nc2ccc3ccccc3c2)nc1. The number of anilines is 3. The van der Waals surface area contributed by atoms with Gasteiger partial charge in [0.1, 0.15) is 5.82 Å². The molecule has 1 saturated carbocycles. The molecular weight excluding hydrogens is 460 g/mol. The molecule has 3 N–H and O–H groups in total. The second kappa shape index (κ2) is 10.00. The predicted octanol–water partition coefficient (Wildman–Crippen LogP) is 7.43. The van der Waals surface area contributed by atoms with Crippen molar-refractivity contribution in [1.29, 1.82) is 0 Å². The summed E-state index contributed by atoms with van der Waals surface area (Å²) in [5.41, 5.74) is 3.22. The first-order chi connectivity index (χ1) is 16.6. The number of nitrogens with one attached hydrogen (secondary N) is 3. The molecule has 1 heterocycles. The van der Waals surface area contributed by atoms with Gasteiger partial charge in [0.15, 0.2) is 5.11 Å². The molecule has 0 bridgehead atoms. The molecule has 172 valence electrons. The zero-order valence-electron chi connectivity index (χ0n) is 18.9. The van der Waals surface area contributed by atoms with Crippen molar-refractivity contribution in [1.82, 2.24) is 10.3 Å². The number of thiocarbonyl (C=S) groups is 1. The van der Waals surface area contributed by atoms with Gasteiger partial charge in [-0.05, 0) is 77.8 Å². The fourth-order valence-electron chi connectivity index (χ4n) is 4.82. The van der Waals surface area contributed by atoms with E-state index in [1.165, 1.54) is 29.2 Å². The molecule has 0 spiro atoms. The highest BCUT2D eigenvalue weighted by Crippen LogP contribution is 2.41. The molecule has 5 rings (SSSR count). The van der Waals surface area contributed by atoms with Crippen molar-refractivity contribution in [2.24, 2.45) is 0 Å². The molecule has 0 saturated heterocycles. The van der Waals surface area contributed by atoms with Gasteiger partial charge in [0.2, 0.25) is 0 Å². The van der Waals surface area contributed by atoms with Crippen LogP contribution in [0, 0.1) is 0 Å². The van der Waals surface area contributed by atoms with E-state index in [1.807, 2.05) is 36.4 Å². The van der Waals surface area contributed by atoms with Crippen LogP contribution < -0.4 is 16.0 Å². The third kappa shape index (κ3) is 5.16. The average molecular weight is 487 g/mol. The Bertz CT molecular complexity index is 1300. The summed E-state index contributed by atoms with van der Waals surface area (Å²) in [6.07, 6.45) is 6.52. The maximum Gasteiger partial charge on any atom is 0.170 e. The second-order valence-corrected chi connectivity index (χ2v) is 9.77. The minimum Gasteiger partial charge on any atom is -0.362 e. The Kier molecular flexibility index (Phi) is 6.66. The van der Waals surface area contributed by atoms with E-state index in [-0.39, 0.29) is 5.41 Å². The zero-order chi connectivity index (χ0) is 23.4. The van der Waals surface area contributed by atoms with E-state index in [9.17, 15) is 0 Å². The van der Waals surface area contributed by atoms with Gasteiger partial charge in [-0.3, -0.25) is 0 Å². The molecule has 1 aliphatic rings. The minimum atomic E-state index is 0.0719. The van der Waals surface area contributed by atoms with Crippen LogP contribution in [-0.4, -0.2) is 16.6 Å². The fraction of sp³-hybridized carbons (Fsp3) is 0.214. The number of hydrogen-bond donors (Lipinski definition) is 3. The summed E-state index contributed by atoms with van der Waals surface area (Å²) in [4.78, 5) is 4.54. The van der Waals surface area contributed by atoms with Crippen molar-refractivity contribution in [3.63, 3.8) is 0 Å². The smallest absolute Gasteiger partial charge is 0.170 e. The molecule has 0 radical (unpaired) electrons. The van der Waals surface area contributed by atoms with Gasteiger partial charge in [-0.2, -0.15) is 0 Å². The molecule has 0 atom stereocenters. The van der Waals surface area contributed by atoms with Crippen LogP contribution in [0.1, 0.15) is 31.2 Å². The molecular formula is C28H27ClN4S. The van der Waals surface area contributed by atoms with Gasteiger partial charge in [0.05, 0.1) is 11.9 Å². The van der Waals surface area contributed by atoms with Gasteiger partial charge in [0.25, 0.3) is 0 Å². The Morgan fingerprint density at radius 1 is 0.882 bits per heavy atom. The van der Waals surface area contributed by atoms with E-state index in [1.54, 1.807) is 6.20 Å². The third-order valence-electron chi connectivity index (χ3n) is 6.63. The number of nitrogens with zero attached hydrogens (tertiary/aromatic N) is 1. The van der Waals surface area contributed by atoms with Crippen LogP contribution in [0.5, 0.6) is 0 Å². The molecule has 34 heavy (non-hydrogen) atoms. The lowest BCUT2D eigenvalue weighted by Crippen LogP contribution is -2.40. The van der Waals surface area contributed by atoms with Crippen LogP contribution in [0.15, 0.2) is 85.1 Å². The topological polar surface area (TPSA) is 49.0 Å². The summed E-state index contributed by atoms with van der Waals surface area (Å²) in [7, 11) is 0. The van der Waals surface area contributed by atoms with Crippen molar-refractivity contribution >= 4 is 56.9 Å². The van der Waals surface area contributed by atoms with Crippen LogP contribution in [0.4, 0.5) is 17.2 Å². The van der Waals surface area contributed by atoms with Crippen LogP contribution in [0.25, 0.3) is 10.8 Å². The van der Waals surface area contributed by atoms with Gasteiger partial charge in [0, 0.05) is 22.7 Å². The van der Waals surface area contributed by atoms with Gasteiger partial charge in [-0.1, -0.05) is 66.9 Å². The first kappa shape index (κ1) is 22.6. The molecule has 1 aromatic heterocycles. The van der Waals surface area contributed by atoms with Crippen molar-refractivity contribution < 1.29 is 0 Å². The number of benzene rings is 3. The number of fused-ring (bicyclic) bond motifs is 1. The Balaban J connectivity index is 1.19. The van der Waals surface area contributed by atoms with Crippen LogP contribution in [-0.2, 0) is 5.41 Å². The maximum absolute atomic E-state index is 6.27. The van der Waals surface area contributed by atoms with E-state index in [0.29, 0.717) is 5.11 Å². The van der Waals surface area contributed by atoms with Crippen molar-refractivity contribution in [2.75, 3.05) is 17.2 Å². The average Bonchev–Trinajstić information content (AvgIpc) is 3.34. The molecule has 0 unspecified atom stereocenters. The first-order valence-corrected chi connectivity index (χ1v) is 12.4. The lowest BCUT2D eigenvalue weighted by Gasteiger charge is -2.30. The van der Waals surface area contributed by atoms with Gasteiger partial charge >= 0.3 is 0 Å². The Labute approximate surface area is 210 Å². The van der Waals surface area contributed by atoms with Crippen molar-refractivity contribution in [3.05, 3.63) is 95.6 Å². The van der Waals surface area contributed by atoms with Crippen LogP contribution in [0.2, 0.25) is 5.02 Å². The number of pyridine rings is 1. The molecule has 4 aromatic rings. The number of rotatable bonds is 6. The van der Waals surface area contributed by atoms with Gasteiger partial charge in [-0.25, -0.2) is 4.98 Å². The molecule has 3 aromatic carbocycles. The Morgan fingerprint density at radius 2 is 1.68 bits per heavy atom. The summed E-state index contributed by atoms with van der Waals surface area (Å²) < 4.78 is 0. The first-order valence-electron chi connectivity index (χ1n) is 11.6. The monoisotopic (exact) mass is 486 g/mol. The largest absolute Gasteiger partial charge is 0.362 e. The summed E-state index contributed by atoms with van der Waals surface area (Å²) in [5.74, 6) is 0.783. The lowest BCUT2D eigenvalue weighted by atomic mass is 9.79. The van der Waals surface area contributed by atoms with Crippen molar-refractivity contribution in [2.45, 2.75) is 31.1 Å². The van der Waals surface area contributed by atoms with E-state index in [2.05, 4.69) is 63.4 Å². The van der Waals surface area contributed by atoms with E-state index in [4.69, 9.17) is 23.8 Å². The zero-order valence-corrected chi connectivity index (χ0v) is 20.4. The van der Waals surface area contributed by atoms with Crippen LogP contribution in [0.3, 0.4) is 0 Å². The molecule has 1 fully saturated rings. The Hall–Kier alpha value is -3.15. The quantitative estimate of drug-likeness (QED) is 0.247. The highest BCUT2D eigenvalue weighted by atomic mass is 35.5. The highest BCUT2D eigenvalue weighted by Gasteiger charge is 2.35. The number of halogens is 1. The van der Waals surface area contributed by atoms with E-state index >= 15 is 0 Å². The maximum atomic E-state index is 6.27. The predicted molar refractivity (Wildman–Crippen MR) is 147 cm³/mol. The second-order valence-electron chi connectivity index (χ2n) is 8.92. The fourth-order valence-corrected chi connectivity index (χ4v) is 5.20. The molecule has 0 aliphatic heterocycles. The van der Waals surface area contributed by atoms with Crippen molar-refractivity contribution in [3.8, 4) is 0 Å². The third-order valence-corrected chi connectivity index (χ3v) is 7.11.